The monoisotopic (exact) mass is 298 g/mol. The van der Waals surface area contributed by atoms with Crippen LogP contribution in [0.5, 0.6) is 0 Å². The summed E-state index contributed by atoms with van der Waals surface area (Å²) in [6.45, 7) is 0. The van der Waals surface area contributed by atoms with Crippen LogP contribution >= 0.6 is 15.9 Å². The first kappa shape index (κ1) is 12.1. The van der Waals surface area contributed by atoms with Crippen LogP contribution in [0.25, 0.3) is 0 Å². The zero-order valence-electron chi connectivity index (χ0n) is 8.78. The van der Waals surface area contributed by atoms with Crippen molar-refractivity contribution in [1.29, 1.82) is 0 Å². The summed E-state index contributed by atoms with van der Waals surface area (Å²) in [6, 6.07) is 5.26. The predicted octanol–water partition coefficient (Wildman–Crippen LogP) is 3.43. The third-order valence-electron chi connectivity index (χ3n) is 2.28. The fraction of sp³-hybridized carbons (Fsp3) is 0.167. The van der Waals surface area contributed by atoms with Crippen LogP contribution in [0, 0.1) is 11.6 Å². The van der Waals surface area contributed by atoms with E-state index in [1.165, 1.54) is 12.1 Å². The maximum atomic E-state index is 13.4. The number of hydrogen-bond donors (Lipinski definition) is 0. The van der Waals surface area contributed by atoms with Crippen molar-refractivity contribution in [2.45, 2.75) is 11.2 Å². The molecule has 2 aromatic rings. The van der Waals surface area contributed by atoms with Crippen molar-refractivity contribution in [2.75, 3.05) is 0 Å². The van der Waals surface area contributed by atoms with Crippen LogP contribution in [0.4, 0.5) is 8.78 Å². The van der Waals surface area contributed by atoms with E-state index in [0.29, 0.717) is 17.8 Å². The van der Waals surface area contributed by atoms with Crippen molar-refractivity contribution < 1.29 is 8.78 Å². The molecule has 1 atom stereocenters. The summed E-state index contributed by atoms with van der Waals surface area (Å²) in [5, 5.41) is 0. The summed E-state index contributed by atoms with van der Waals surface area (Å²) in [5.41, 5.74) is 0.431. The Labute approximate surface area is 106 Å². The molecule has 2 rings (SSSR count). The normalized spacial score (nSPS) is 12.4. The average molecular weight is 299 g/mol. The van der Waals surface area contributed by atoms with Crippen molar-refractivity contribution in [1.82, 2.24) is 9.97 Å². The van der Waals surface area contributed by atoms with Gasteiger partial charge in [0.1, 0.15) is 17.5 Å². The van der Waals surface area contributed by atoms with Gasteiger partial charge in [0.25, 0.3) is 0 Å². The van der Waals surface area contributed by atoms with E-state index in [1.807, 2.05) is 0 Å². The van der Waals surface area contributed by atoms with Crippen molar-refractivity contribution in [3.8, 4) is 0 Å². The fourth-order valence-corrected chi connectivity index (χ4v) is 2.03. The van der Waals surface area contributed by atoms with E-state index < -0.39 is 11.6 Å². The Balaban J connectivity index is 2.16. The van der Waals surface area contributed by atoms with Gasteiger partial charge in [-0.25, -0.2) is 18.7 Å². The molecule has 0 saturated carbocycles. The van der Waals surface area contributed by atoms with Gasteiger partial charge in [-0.1, -0.05) is 22.0 Å². The number of hydrogen-bond acceptors (Lipinski definition) is 2. The Bertz CT molecular complexity index is 505. The van der Waals surface area contributed by atoms with Crippen molar-refractivity contribution in [2.24, 2.45) is 0 Å². The van der Waals surface area contributed by atoms with Crippen LogP contribution in [-0.4, -0.2) is 9.97 Å². The number of halogens is 3. The number of benzene rings is 1. The van der Waals surface area contributed by atoms with Gasteiger partial charge in [-0.15, -0.1) is 0 Å². The molecule has 0 aliphatic carbocycles. The Morgan fingerprint density at radius 3 is 2.53 bits per heavy atom. The van der Waals surface area contributed by atoms with E-state index in [1.54, 1.807) is 18.5 Å². The van der Waals surface area contributed by atoms with Crippen LogP contribution in [0.3, 0.4) is 0 Å². The Morgan fingerprint density at radius 2 is 1.88 bits per heavy atom. The van der Waals surface area contributed by atoms with Crippen molar-refractivity contribution >= 4 is 15.9 Å². The highest BCUT2D eigenvalue weighted by Crippen LogP contribution is 2.25. The summed E-state index contributed by atoms with van der Waals surface area (Å²) in [6.07, 6.45) is 3.62. The molecule has 0 spiro atoms. The largest absolute Gasteiger partial charge is 0.240 e. The van der Waals surface area contributed by atoms with Crippen LogP contribution in [0.1, 0.15) is 16.2 Å². The lowest BCUT2D eigenvalue weighted by Gasteiger charge is -2.08. The molecule has 0 aliphatic heterocycles. The molecule has 0 aliphatic rings. The summed E-state index contributed by atoms with van der Waals surface area (Å²) in [4.78, 5) is 7.94. The van der Waals surface area contributed by atoms with Crippen molar-refractivity contribution in [3.63, 3.8) is 0 Å². The standard InChI is InChI=1S/C12H9BrF2N2/c13-10(12-16-4-1-5-17-12)6-8-2-3-9(14)7-11(8)15/h1-5,7,10H,6H2. The topological polar surface area (TPSA) is 25.8 Å². The SMILES string of the molecule is Fc1ccc(CC(Br)c2ncccn2)c(F)c1. The molecule has 0 saturated heterocycles. The maximum absolute atomic E-state index is 13.4. The maximum Gasteiger partial charge on any atom is 0.142 e. The molecule has 1 unspecified atom stereocenters. The number of rotatable bonds is 3. The van der Waals surface area contributed by atoms with Crippen LogP contribution in [0.2, 0.25) is 0 Å². The molecule has 0 fully saturated rings. The van der Waals surface area contributed by atoms with E-state index in [-0.39, 0.29) is 4.83 Å². The zero-order chi connectivity index (χ0) is 12.3. The minimum Gasteiger partial charge on any atom is -0.240 e. The lowest BCUT2D eigenvalue weighted by Crippen LogP contribution is -2.02. The van der Waals surface area contributed by atoms with Gasteiger partial charge >= 0.3 is 0 Å². The molecule has 0 bridgehead atoms. The minimum atomic E-state index is -0.576. The molecule has 1 heterocycles. The Hall–Kier alpha value is -1.36. The highest BCUT2D eigenvalue weighted by Gasteiger charge is 2.13. The van der Waals surface area contributed by atoms with Gasteiger partial charge in [-0.3, -0.25) is 0 Å². The first-order valence-electron chi connectivity index (χ1n) is 5.01. The second kappa shape index (κ2) is 5.31. The van der Waals surface area contributed by atoms with Gasteiger partial charge in [0, 0.05) is 18.5 Å². The van der Waals surface area contributed by atoms with E-state index >= 15 is 0 Å². The first-order valence-corrected chi connectivity index (χ1v) is 5.93. The molecular weight excluding hydrogens is 290 g/mol. The zero-order valence-corrected chi connectivity index (χ0v) is 10.4. The smallest absolute Gasteiger partial charge is 0.142 e. The highest BCUT2D eigenvalue weighted by atomic mass is 79.9. The molecule has 0 amide bonds. The minimum absolute atomic E-state index is 0.191. The first-order chi connectivity index (χ1) is 8.16. The summed E-state index contributed by atoms with van der Waals surface area (Å²) in [5.74, 6) is -0.546. The van der Waals surface area contributed by atoms with Gasteiger partial charge in [0.05, 0.1) is 4.83 Å². The van der Waals surface area contributed by atoms with Gasteiger partial charge in [0.2, 0.25) is 0 Å². The molecule has 1 aromatic heterocycles. The van der Waals surface area contributed by atoms with Crippen molar-refractivity contribution in [3.05, 3.63) is 59.7 Å². The summed E-state index contributed by atoms with van der Waals surface area (Å²) in [7, 11) is 0. The third kappa shape index (κ3) is 3.06. The molecule has 0 radical (unpaired) electrons. The molecule has 2 nitrogen and oxygen atoms in total. The second-order valence-corrected chi connectivity index (χ2v) is 4.62. The van der Waals surface area contributed by atoms with Gasteiger partial charge < -0.3 is 0 Å². The second-order valence-electron chi connectivity index (χ2n) is 3.51. The van der Waals surface area contributed by atoms with Gasteiger partial charge in [-0.05, 0) is 24.1 Å². The third-order valence-corrected chi connectivity index (χ3v) is 3.01. The molecular formula is C12H9BrF2N2. The Morgan fingerprint density at radius 1 is 1.18 bits per heavy atom. The predicted molar refractivity (Wildman–Crippen MR) is 63.8 cm³/mol. The number of nitrogens with zero attached hydrogens (tertiary/aromatic N) is 2. The van der Waals surface area contributed by atoms with Crippen LogP contribution in [-0.2, 0) is 6.42 Å². The van der Waals surface area contributed by atoms with E-state index in [9.17, 15) is 8.78 Å². The van der Waals surface area contributed by atoms with Gasteiger partial charge in [0.15, 0.2) is 0 Å². The number of alkyl halides is 1. The van der Waals surface area contributed by atoms with E-state index in [0.717, 1.165) is 6.07 Å². The van der Waals surface area contributed by atoms with E-state index in [2.05, 4.69) is 25.9 Å². The van der Waals surface area contributed by atoms with Gasteiger partial charge in [-0.2, -0.15) is 0 Å². The van der Waals surface area contributed by atoms with E-state index in [4.69, 9.17) is 0 Å². The lowest BCUT2D eigenvalue weighted by atomic mass is 10.1. The lowest BCUT2D eigenvalue weighted by molar-refractivity contribution is 0.570. The molecule has 88 valence electrons. The summed E-state index contributed by atoms with van der Waals surface area (Å²) >= 11 is 3.39. The highest BCUT2D eigenvalue weighted by molar-refractivity contribution is 9.09. The van der Waals surface area contributed by atoms with Crippen LogP contribution < -0.4 is 0 Å². The average Bonchev–Trinajstić information content (AvgIpc) is 2.34. The number of aromatic nitrogens is 2. The van der Waals surface area contributed by atoms with Crippen LogP contribution in [0.15, 0.2) is 36.7 Å². The Kier molecular flexibility index (Phi) is 3.78. The summed E-state index contributed by atoms with van der Waals surface area (Å²) < 4.78 is 26.2. The molecule has 0 N–H and O–H groups in total. The quantitative estimate of drug-likeness (QED) is 0.811. The molecule has 17 heavy (non-hydrogen) atoms. The molecule has 1 aromatic carbocycles. The fourth-order valence-electron chi connectivity index (χ4n) is 1.44. The molecule has 5 heteroatoms.